The largest absolute Gasteiger partial charge is 0.489 e. The van der Waals surface area contributed by atoms with Crippen molar-refractivity contribution in [3.8, 4) is 5.75 Å². The number of carbonyl (C=O) groups excluding carboxylic acids is 1. The highest BCUT2D eigenvalue weighted by molar-refractivity contribution is 9.10. The van der Waals surface area contributed by atoms with Crippen LogP contribution in [0.25, 0.3) is 0 Å². The van der Waals surface area contributed by atoms with Crippen molar-refractivity contribution < 1.29 is 14.5 Å². The van der Waals surface area contributed by atoms with Crippen molar-refractivity contribution in [2.45, 2.75) is 43.0 Å². The fourth-order valence-corrected chi connectivity index (χ4v) is 7.15. The summed E-state index contributed by atoms with van der Waals surface area (Å²) in [6.07, 6.45) is 1.61. The summed E-state index contributed by atoms with van der Waals surface area (Å²) in [5.41, 5.74) is 1.46. The van der Waals surface area contributed by atoms with Gasteiger partial charge in [0.2, 0.25) is 0 Å². The van der Waals surface area contributed by atoms with Crippen molar-refractivity contribution in [1.82, 2.24) is 4.90 Å². The third-order valence-corrected chi connectivity index (χ3v) is 9.04. The van der Waals surface area contributed by atoms with Crippen LogP contribution >= 0.6 is 39.1 Å². The predicted molar refractivity (Wildman–Crippen MR) is 145 cm³/mol. The zero-order valence-corrected chi connectivity index (χ0v) is 22.6. The number of hydrogen-bond acceptors (Lipinski definition) is 5. The van der Waals surface area contributed by atoms with Gasteiger partial charge in [-0.05, 0) is 54.8 Å². The summed E-state index contributed by atoms with van der Waals surface area (Å²) in [6, 6.07) is 16.8. The second-order valence-corrected chi connectivity index (χ2v) is 11.4. The minimum Gasteiger partial charge on any atom is -0.489 e. The molecule has 3 aliphatic rings. The van der Waals surface area contributed by atoms with Crippen molar-refractivity contribution in [3.05, 3.63) is 102 Å². The number of rotatable bonds is 5. The number of benzene rings is 3. The van der Waals surface area contributed by atoms with E-state index in [9.17, 15) is 14.9 Å². The van der Waals surface area contributed by atoms with Crippen molar-refractivity contribution in [2.75, 3.05) is 11.9 Å². The van der Waals surface area contributed by atoms with Crippen molar-refractivity contribution >= 4 is 50.7 Å². The molecular weight excluding hydrogens is 581 g/mol. The average Bonchev–Trinajstić information content (AvgIpc) is 3.53. The van der Waals surface area contributed by atoms with Crippen LogP contribution in [0.3, 0.4) is 0 Å². The lowest BCUT2D eigenvalue weighted by molar-refractivity contribution is -0.534. The van der Waals surface area contributed by atoms with Gasteiger partial charge in [0, 0.05) is 38.8 Å². The van der Waals surface area contributed by atoms with E-state index < -0.39 is 17.5 Å². The minimum atomic E-state index is -1.38. The summed E-state index contributed by atoms with van der Waals surface area (Å²) in [7, 11) is 0. The van der Waals surface area contributed by atoms with Crippen LogP contribution < -0.4 is 10.1 Å². The Hall–Kier alpha value is -2.65. The summed E-state index contributed by atoms with van der Waals surface area (Å²) < 4.78 is 7.03. The van der Waals surface area contributed by atoms with E-state index in [1.54, 1.807) is 12.1 Å². The van der Waals surface area contributed by atoms with Crippen LogP contribution in [0.1, 0.15) is 35.4 Å². The molecule has 4 atom stereocenters. The van der Waals surface area contributed by atoms with Crippen molar-refractivity contribution in [3.63, 3.8) is 0 Å². The van der Waals surface area contributed by atoms with Crippen LogP contribution in [0, 0.1) is 10.1 Å². The number of fused-ring (bicyclic) bond motifs is 4. The topological polar surface area (TPSA) is 84.7 Å². The normalized spacial score (nSPS) is 26.2. The number of carbonyl (C=O) groups is 1. The van der Waals surface area contributed by atoms with Crippen LogP contribution in [-0.2, 0) is 16.9 Å². The molecular formula is C27H22BrCl2N3O4. The van der Waals surface area contributed by atoms with Crippen molar-refractivity contribution in [2.24, 2.45) is 0 Å². The molecule has 0 radical (unpaired) electrons. The van der Waals surface area contributed by atoms with Gasteiger partial charge in [0.15, 0.2) is 5.54 Å². The summed E-state index contributed by atoms with van der Waals surface area (Å²) in [5, 5.41) is 16.7. The van der Waals surface area contributed by atoms with E-state index >= 15 is 0 Å². The van der Waals surface area contributed by atoms with Gasteiger partial charge in [-0.25, -0.2) is 0 Å². The number of para-hydroxylation sites is 1. The molecule has 0 saturated carbocycles. The summed E-state index contributed by atoms with van der Waals surface area (Å²) in [4.78, 5) is 28.4. The number of nitrogens with zero attached hydrogens (tertiary/aromatic N) is 2. The van der Waals surface area contributed by atoms with Crippen LogP contribution in [-0.4, -0.2) is 34.4 Å². The molecule has 0 aromatic heterocycles. The van der Waals surface area contributed by atoms with Gasteiger partial charge < -0.3 is 10.1 Å². The fourth-order valence-electron chi connectivity index (χ4n) is 6.45. The molecule has 6 rings (SSSR count). The van der Waals surface area contributed by atoms with Gasteiger partial charge in [0.25, 0.3) is 11.9 Å². The third-order valence-electron chi connectivity index (χ3n) is 7.80. The first-order valence-corrected chi connectivity index (χ1v) is 13.5. The van der Waals surface area contributed by atoms with Gasteiger partial charge in [-0.2, -0.15) is 0 Å². The Labute approximate surface area is 232 Å². The fraction of sp³-hybridized carbons (Fsp3) is 0.296. The van der Waals surface area contributed by atoms with E-state index in [0.717, 1.165) is 22.9 Å². The maximum Gasteiger partial charge on any atom is 0.256 e. The smallest absolute Gasteiger partial charge is 0.256 e. The summed E-state index contributed by atoms with van der Waals surface area (Å²) in [6.45, 7) is 0.824. The number of ether oxygens (including phenoxy) is 1. The van der Waals surface area contributed by atoms with Gasteiger partial charge >= 0.3 is 0 Å². The lowest BCUT2D eigenvalue weighted by Gasteiger charge is -2.32. The number of hydrogen-bond donors (Lipinski definition) is 1. The SMILES string of the molecule is O=C1Nc2ccccc2[C@]12[C@H]([N+](=O)[O-])[C@@H](c1cc(Br)ccc1OCc1ccc(Cl)c(Cl)c1)[C@@H]1CCCN12. The molecule has 190 valence electrons. The van der Waals surface area contributed by atoms with Gasteiger partial charge in [-0.15, -0.1) is 0 Å². The number of nitro groups is 1. The van der Waals surface area contributed by atoms with E-state index in [-0.39, 0.29) is 23.5 Å². The first-order valence-electron chi connectivity index (χ1n) is 12.0. The lowest BCUT2D eigenvalue weighted by Crippen LogP contribution is -2.55. The molecule has 1 amide bonds. The molecule has 3 aliphatic heterocycles. The zero-order valence-electron chi connectivity index (χ0n) is 19.5. The predicted octanol–water partition coefficient (Wildman–Crippen LogP) is 6.39. The Morgan fingerprint density at radius 1 is 1.14 bits per heavy atom. The Kier molecular flexibility index (Phi) is 6.18. The van der Waals surface area contributed by atoms with Crippen LogP contribution in [0.15, 0.2) is 65.1 Å². The number of halogens is 3. The van der Waals surface area contributed by atoms with Crippen LogP contribution in [0.2, 0.25) is 10.0 Å². The molecule has 10 heteroatoms. The van der Waals surface area contributed by atoms with E-state index in [1.807, 2.05) is 48.5 Å². The number of nitrogens with one attached hydrogen (secondary N) is 1. The third kappa shape index (κ3) is 3.76. The van der Waals surface area contributed by atoms with Crippen LogP contribution in [0.5, 0.6) is 5.75 Å². The molecule has 0 aliphatic carbocycles. The Morgan fingerprint density at radius 3 is 2.73 bits per heavy atom. The van der Waals surface area contributed by atoms with E-state index in [4.69, 9.17) is 27.9 Å². The molecule has 2 saturated heterocycles. The second kappa shape index (κ2) is 9.27. The molecule has 3 aromatic rings. The van der Waals surface area contributed by atoms with Gasteiger partial charge in [0.05, 0.1) is 16.0 Å². The first-order chi connectivity index (χ1) is 17.8. The van der Waals surface area contributed by atoms with Gasteiger partial charge in [-0.1, -0.05) is 63.4 Å². The van der Waals surface area contributed by atoms with Gasteiger partial charge in [0.1, 0.15) is 12.4 Å². The molecule has 3 heterocycles. The average molecular weight is 603 g/mol. The van der Waals surface area contributed by atoms with E-state index in [0.29, 0.717) is 39.2 Å². The minimum absolute atomic E-state index is 0.186. The standard InChI is InChI=1S/C27H22BrCl2N3O4/c28-16-8-10-23(37-14-15-7-9-19(29)20(30)12-15)17(13-16)24-22-6-3-11-32(22)27(25(24)33(35)36)18-4-1-2-5-21(18)31-26(27)34/h1-2,4-5,7-10,12-13,22,24-25H,3,6,11,14H2,(H,31,34)/t22-,24-,25+,27-/m0/s1. The Balaban J connectivity index is 1.46. The van der Waals surface area contributed by atoms with Crippen molar-refractivity contribution in [1.29, 1.82) is 0 Å². The number of amides is 1. The Bertz CT molecular complexity index is 1440. The van der Waals surface area contributed by atoms with Crippen LogP contribution in [0.4, 0.5) is 5.69 Å². The highest BCUT2D eigenvalue weighted by atomic mass is 79.9. The number of anilines is 1. The van der Waals surface area contributed by atoms with E-state index in [1.165, 1.54) is 0 Å². The highest BCUT2D eigenvalue weighted by Crippen LogP contribution is 2.59. The lowest BCUT2D eigenvalue weighted by atomic mass is 9.77. The van der Waals surface area contributed by atoms with E-state index in [2.05, 4.69) is 26.1 Å². The molecule has 37 heavy (non-hydrogen) atoms. The molecule has 0 bridgehead atoms. The summed E-state index contributed by atoms with van der Waals surface area (Å²) in [5.74, 6) is -0.351. The molecule has 3 aromatic carbocycles. The second-order valence-electron chi connectivity index (χ2n) is 9.64. The maximum atomic E-state index is 13.7. The monoisotopic (exact) mass is 601 g/mol. The molecule has 1 N–H and O–H groups in total. The molecule has 2 fully saturated rings. The van der Waals surface area contributed by atoms with Gasteiger partial charge in [-0.3, -0.25) is 19.8 Å². The molecule has 7 nitrogen and oxygen atoms in total. The quantitative estimate of drug-likeness (QED) is 0.270. The summed E-state index contributed by atoms with van der Waals surface area (Å²) >= 11 is 15.8. The zero-order chi connectivity index (χ0) is 25.9. The Morgan fingerprint density at radius 2 is 1.95 bits per heavy atom. The first kappa shape index (κ1) is 24.7. The molecule has 1 spiro atoms. The molecule has 0 unspecified atom stereocenters. The highest BCUT2D eigenvalue weighted by Gasteiger charge is 2.73. The maximum absolute atomic E-state index is 13.7.